The minimum absolute atomic E-state index is 0.0415. The molecule has 0 saturated carbocycles. The third kappa shape index (κ3) is 9.27. The van der Waals surface area contributed by atoms with Crippen LogP contribution in [0, 0.1) is 12.8 Å². The molecule has 0 bridgehead atoms. The molecule has 0 aliphatic carbocycles. The number of esters is 1. The fraction of sp³-hybridized carbons (Fsp3) is 0.667. The number of carbonyl (C=O) groups excluding carboxylic acids is 5. The Morgan fingerprint density at radius 3 is 2.09 bits per heavy atom. The summed E-state index contributed by atoms with van der Waals surface area (Å²) < 4.78 is 5.41. The molecule has 0 aromatic heterocycles. The van der Waals surface area contributed by atoms with E-state index in [1.54, 1.807) is 41.7 Å². The normalized spacial score (nSPS) is 17.4. The van der Waals surface area contributed by atoms with Gasteiger partial charge in [-0.05, 0) is 59.4 Å². The van der Waals surface area contributed by atoms with E-state index in [0.29, 0.717) is 13.0 Å². The van der Waals surface area contributed by atoms with Crippen molar-refractivity contribution < 1.29 is 28.7 Å². The number of amides is 4. The van der Waals surface area contributed by atoms with Gasteiger partial charge in [0.25, 0.3) is 0 Å². The fourth-order valence-corrected chi connectivity index (χ4v) is 5.14. The Morgan fingerprint density at radius 2 is 1.61 bits per heavy atom. The lowest BCUT2D eigenvalue weighted by molar-refractivity contribution is -0.162. The van der Waals surface area contributed by atoms with Crippen LogP contribution >= 0.6 is 0 Å². The molecule has 0 spiro atoms. The predicted octanol–water partition coefficient (Wildman–Crippen LogP) is 2.38. The van der Waals surface area contributed by atoms with Gasteiger partial charge in [0.2, 0.25) is 23.6 Å². The maximum Gasteiger partial charge on any atom is 0.326 e. The van der Waals surface area contributed by atoms with Gasteiger partial charge in [-0.1, -0.05) is 50.1 Å². The monoisotopic (exact) mass is 615 g/mol. The van der Waals surface area contributed by atoms with Crippen LogP contribution in [0.5, 0.6) is 0 Å². The number of ether oxygens (including phenoxy) is 1. The maximum absolute atomic E-state index is 14.0. The quantitative estimate of drug-likeness (QED) is 0.337. The van der Waals surface area contributed by atoms with Gasteiger partial charge in [-0.3, -0.25) is 24.0 Å². The number of nitrogens with zero attached hydrogens (tertiary/aromatic N) is 4. The van der Waals surface area contributed by atoms with E-state index >= 15 is 0 Å². The molecule has 1 aromatic rings. The highest BCUT2D eigenvalue weighted by molar-refractivity contribution is 5.96. The van der Waals surface area contributed by atoms with E-state index in [-0.39, 0.29) is 43.1 Å². The molecule has 2 N–H and O–H groups in total. The lowest BCUT2D eigenvalue weighted by atomic mass is 9.96. The number of likely N-dealkylation sites (tertiary alicyclic amines) is 1. The van der Waals surface area contributed by atoms with Crippen molar-refractivity contribution in [3.63, 3.8) is 0 Å². The number of hydrogen-bond acceptors (Lipinski definition) is 7. The van der Waals surface area contributed by atoms with Crippen molar-refractivity contribution in [2.24, 2.45) is 11.7 Å². The SMILES string of the molecule is CC[C@H](C)[C@H](N)C(=O)N(C)[C@@H](C)C(=O)N1CC[C@H]1C(=O)N(CC)[C@@H](Cc1ccc(C)cc1)C(=O)N(C)CC(=O)OC(C)(C)C. The Morgan fingerprint density at radius 1 is 1.02 bits per heavy atom. The van der Waals surface area contributed by atoms with Crippen LogP contribution in [0.1, 0.15) is 72.4 Å². The van der Waals surface area contributed by atoms with Gasteiger partial charge in [-0.25, -0.2) is 0 Å². The molecule has 1 fully saturated rings. The van der Waals surface area contributed by atoms with E-state index in [4.69, 9.17) is 10.5 Å². The first kappa shape index (κ1) is 36.7. The topological polar surface area (TPSA) is 134 Å². The van der Waals surface area contributed by atoms with Crippen molar-refractivity contribution in [2.45, 2.75) is 104 Å². The Labute approximate surface area is 263 Å². The molecule has 4 amide bonds. The molecule has 1 aliphatic rings. The Kier molecular flexibility index (Phi) is 12.9. The van der Waals surface area contributed by atoms with E-state index in [2.05, 4.69) is 0 Å². The van der Waals surface area contributed by atoms with Gasteiger partial charge in [0.1, 0.15) is 30.3 Å². The number of rotatable bonds is 13. The summed E-state index contributed by atoms with van der Waals surface area (Å²) in [5, 5.41) is 0. The first-order valence-corrected chi connectivity index (χ1v) is 15.6. The highest BCUT2D eigenvalue weighted by Crippen LogP contribution is 2.25. The zero-order valence-corrected chi connectivity index (χ0v) is 28.3. The average Bonchev–Trinajstić information content (AvgIpc) is 2.93. The van der Waals surface area contributed by atoms with Gasteiger partial charge >= 0.3 is 5.97 Å². The number of carbonyl (C=O) groups is 5. The summed E-state index contributed by atoms with van der Waals surface area (Å²) in [6.45, 7) is 14.8. The lowest BCUT2D eigenvalue weighted by Crippen LogP contribution is -2.65. The predicted molar refractivity (Wildman–Crippen MR) is 169 cm³/mol. The second-order valence-corrected chi connectivity index (χ2v) is 13.0. The van der Waals surface area contributed by atoms with E-state index in [1.165, 1.54) is 26.6 Å². The molecule has 5 atom stereocenters. The fourth-order valence-electron chi connectivity index (χ4n) is 5.14. The Hall–Kier alpha value is -3.47. The molecule has 1 aliphatic heterocycles. The van der Waals surface area contributed by atoms with Crippen molar-refractivity contribution in [3.05, 3.63) is 35.4 Å². The molecule has 0 radical (unpaired) electrons. The second kappa shape index (κ2) is 15.5. The first-order valence-electron chi connectivity index (χ1n) is 15.6. The summed E-state index contributed by atoms with van der Waals surface area (Å²) in [5.74, 6) is -2.01. The largest absolute Gasteiger partial charge is 0.459 e. The maximum atomic E-state index is 14.0. The van der Waals surface area contributed by atoms with Gasteiger partial charge in [0.05, 0.1) is 6.04 Å². The molecular weight excluding hydrogens is 562 g/mol. The number of likely N-dealkylation sites (N-methyl/N-ethyl adjacent to an activating group) is 3. The number of nitrogens with two attached hydrogens (primary N) is 1. The molecule has 1 heterocycles. The number of benzene rings is 1. The van der Waals surface area contributed by atoms with Crippen molar-refractivity contribution in [3.8, 4) is 0 Å². The molecule has 44 heavy (non-hydrogen) atoms. The third-order valence-electron chi connectivity index (χ3n) is 8.41. The van der Waals surface area contributed by atoms with Crippen LogP contribution in [-0.4, -0.2) is 113 Å². The van der Waals surface area contributed by atoms with Gasteiger partial charge < -0.3 is 30.1 Å². The zero-order valence-electron chi connectivity index (χ0n) is 28.3. The summed E-state index contributed by atoms with van der Waals surface area (Å²) in [5.41, 5.74) is 7.36. The highest BCUT2D eigenvalue weighted by Gasteiger charge is 2.45. The molecule has 11 heteroatoms. The highest BCUT2D eigenvalue weighted by atomic mass is 16.6. The molecule has 246 valence electrons. The van der Waals surface area contributed by atoms with Crippen LogP contribution in [-0.2, 0) is 35.1 Å². The molecular formula is C33H53N5O6. The average molecular weight is 616 g/mol. The van der Waals surface area contributed by atoms with Crippen LogP contribution in [0.25, 0.3) is 0 Å². The number of aryl methyl sites for hydroxylation is 1. The minimum Gasteiger partial charge on any atom is -0.459 e. The molecule has 11 nitrogen and oxygen atoms in total. The number of hydrogen-bond donors (Lipinski definition) is 1. The second-order valence-electron chi connectivity index (χ2n) is 13.0. The minimum atomic E-state index is -0.907. The lowest BCUT2D eigenvalue weighted by Gasteiger charge is -2.45. The summed E-state index contributed by atoms with van der Waals surface area (Å²) in [7, 11) is 3.07. The molecule has 2 rings (SSSR count). The van der Waals surface area contributed by atoms with E-state index in [1.807, 2.05) is 45.0 Å². The van der Waals surface area contributed by atoms with Crippen LogP contribution < -0.4 is 5.73 Å². The van der Waals surface area contributed by atoms with Gasteiger partial charge in [-0.2, -0.15) is 0 Å². The third-order valence-corrected chi connectivity index (χ3v) is 8.41. The van der Waals surface area contributed by atoms with Crippen molar-refractivity contribution in [2.75, 3.05) is 33.7 Å². The van der Waals surface area contributed by atoms with Crippen LogP contribution in [0.3, 0.4) is 0 Å². The molecule has 0 unspecified atom stereocenters. The first-order chi connectivity index (χ1) is 20.4. The zero-order chi connectivity index (χ0) is 33.5. The molecule has 1 aromatic carbocycles. The van der Waals surface area contributed by atoms with Gasteiger partial charge in [-0.15, -0.1) is 0 Å². The smallest absolute Gasteiger partial charge is 0.326 e. The van der Waals surface area contributed by atoms with E-state index in [9.17, 15) is 24.0 Å². The summed E-state index contributed by atoms with van der Waals surface area (Å²) in [6, 6.07) is 4.51. The Balaban J connectivity index is 2.29. The summed E-state index contributed by atoms with van der Waals surface area (Å²) in [6.07, 6.45) is 1.41. The van der Waals surface area contributed by atoms with Crippen LogP contribution in [0.15, 0.2) is 24.3 Å². The van der Waals surface area contributed by atoms with Crippen LogP contribution in [0.2, 0.25) is 0 Å². The van der Waals surface area contributed by atoms with Gasteiger partial charge in [0.15, 0.2) is 0 Å². The van der Waals surface area contributed by atoms with Crippen LogP contribution in [0.4, 0.5) is 0 Å². The van der Waals surface area contributed by atoms with Crippen molar-refractivity contribution in [1.82, 2.24) is 19.6 Å². The molecule has 1 saturated heterocycles. The van der Waals surface area contributed by atoms with E-state index in [0.717, 1.165) is 17.5 Å². The standard InChI is InChI=1S/C33H53N5O6/c1-11-22(4)28(34)32(43)36(10)23(5)29(40)38-18-17-25(38)31(42)37(12-2)26(19-24-15-13-21(3)14-16-24)30(41)35(9)20-27(39)44-33(6,7)8/h13-16,22-23,25-26,28H,11-12,17-20,34H2,1-10H3/t22-,23-,25-,26-,28-/m0/s1. The Bertz CT molecular complexity index is 1180. The summed E-state index contributed by atoms with van der Waals surface area (Å²) >= 11 is 0. The van der Waals surface area contributed by atoms with Gasteiger partial charge in [0, 0.05) is 33.6 Å². The summed E-state index contributed by atoms with van der Waals surface area (Å²) in [4.78, 5) is 72.5. The van der Waals surface area contributed by atoms with E-state index < -0.39 is 41.6 Å². The van der Waals surface area contributed by atoms with Crippen molar-refractivity contribution in [1.29, 1.82) is 0 Å². The van der Waals surface area contributed by atoms with Crippen molar-refractivity contribution >= 4 is 29.6 Å².